The molecule has 16 heavy (non-hydrogen) atoms. The summed E-state index contributed by atoms with van der Waals surface area (Å²) >= 11 is 4.05. The molecule has 0 saturated carbocycles. The van der Waals surface area contributed by atoms with E-state index in [1.54, 1.807) is 6.19 Å². The average Bonchev–Trinajstić information content (AvgIpc) is 2.18. The van der Waals surface area contributed by atoms with Crippen LogP contribution in [-0.2, 0) is 0 Å². The van der Waals surface area contributed by atoms with Crippen molar-refractivity contribution in [1.29, 1.82) is 5.26 Å². The van der Waals surface area contributed by atoms with E-state index >= 15 is 0 Å². The summed E-state index contributed by atoms with van der Waals surface area (Å²) in [5.41, 5.74) is 2.12. The van der Waals surface area contributed by atoms with Crippen LogP contribution in [0.25, 0.3) is 0 Å². The molecule has 80 valence electrons. The van der Waals surface area contributed by atoms with Crippen molar-refractivity contribution >= 4 is 53.0 Å². The molecule has 1 aromatic rings. The molecule has 5 heteroatoms. The topological polar surface area (TPSA) is 48.2 Å². The minimum atomic E-state index is 0. The van der Waals surface area contributed by atoms with E-state index in [2.05, 4.69) is 36.8 Å². The van der Waals surface area contributed by atoms with Gasteiger partial charge in [0.15, 0.2) is 5.17 Å². The maximum atomic E-state index is 8.37. The summed E-state index contributed by atoms with van der Waals surface area (Å²) in [5, 5.41) is 11.7. The Labute approximate surface area is 124 Å². The third-order valence-electron chi connectivity index (χ3n) is 1.99. The Kier molecular flexibility index (Phi) is 7.52. The van der Waals surface area contributed by atoms with E-state index < -0.39 is 0 Å². The third kappa shape index (κ3) is 4.58. The number of thiol groups is 1. The number of anilines is 1. The first kappa shape index (κ1) is 15.5. The van der Waals surface area contributed by atoms with Crippen LogP contribution in [0.2, 0.25) is 0 Å². The summed E-state index contributed by atoms with van der Waals surface area (Å²) in [5.74, 6) is 0.414. The molecule has 0 amide bonds. The maximum absolute atomic E-state index is 8.37. The molecule has 0 heterocycles. The standard InChI is InChI=1S/C11H13N3S.Na.H/c1-8(2)9-5-3-4-6-10(9)14-11(15)13-7-12;;/h3-6,8H,1-2H3,(H2,13,14,15);;. The number of hydrogen-bond acceptors (Lipinski definition) is 2. The first-order valence-electron chi connectivity index (χ1n) is 4.67. The van der Waals surface area contributed by atoms with Gasteiger partial charge in [-0.1, -0.05) is 32.0 Å². The molecule has 0 aromatic heterocycles. The molecule has 1 N–H and O–H groups in total. The van der Waals surface area contributed by atoms with Gasteiger partial charge in [0, 0.05) is 5.69 Å². The van der Waals surface area contributed by atoms with Gasteiger partial charge < -0.3 is 5.32 Å². The summed E-state index contributed by atoms with van der Waals surface area (Å²) in [4.78, 5) is 3.50. The van der Waals surface area contributed by atoms with E-state index in [1.807, 2.05) is 24.3 Å². The van der Waals surface area contributed by atoms with Crippen molar-refractivity contribution in [3.05, 3.63) is 29.8 Å². The Morgan fingerprint density at radius 2 is 2.06 bits per heavy atom. The van der Waals surface area contributed by atoms with Gasteiger partial charge in [0.05, 0.1) is 0 Å². The van der Waals surface area contributed by atoms with Gasteiger partial charge in [0.25, 0.3) is 0 Å². The van der Waals surface area contributed by atoms with Gasteiger partial charge in [0.2, 0.25) is 6.19 Å². The van der Waals surface area contributed by atoms with Crippen LogP contribution < -0.4 is 5.32 Å². The summed E-state index contributed by atoms with van der Waals surface area (Å²) in [7, 11) is 0. The Hall–Kier alpha value is -0.470. The van der Waals surface area contributed by atoms with Crippen molar-refractivity contribution in [2.75, 3.05) is 5.32 Å². The summed E-state index contributed by atoms with van der Waals surface area (Å²) in [6.07, 6.45) is 1.69. The number of benzene rings is 1. The molecule has 0 atom stereocenters. The van der Waals surface area contributed by atoms with Crippen molar-refractivity contribution in [1.82, 2.24) is 0 Å². The quantitative estimate of drug-likeness (QED) is 0.275. The van der Waals surface area contributed by atoms with E-state index in [0.717, 1.165) is 5.69 Å². The summed E-state index contributed by atoms with van der Waals surface area (Å²) in [6, 6.07) is 7.90. The molecule has 0 spiro atoms. The van der Waals surface area contributed by atoms with Crippen LogP contribution in [0.4, 0.5) is 5.69 Å². The van der Waals surface area contributed by atoms with Gasteiger partial charge >= 0.3 is 29.6 Å². The fourth-order valence-electron chi connectivity index (χ4n) is 1.31. The van der Waals surface area contributed by atoms with E-state index in [1.165, 1.54) is 5.56 Å². The van der Waals surface area contributed by atoms with Gasteiger partial charge in [-0.05, 0) is 17.5 Å². The number of para-hydroxylation sites is 1. The second-order valence-corrected chi connectivity index (χ2v) is 3.83. The van der Waals surface area contributed by atoms with Crippen LogP contribution in [-0.4, -0.2) is 34.7 Å². The predicted molar refractivity (Wildman–Crippen MR) is 73.3 cm³/mol. The molecular weight excluding hydrogens is 229 g/mol. The van der Waals surface area contributed by atoms with E-state index in [-0.39, 0.29) is 29.6 Å². The van der Waals surface area contributed by atoms with Crippen LogP contribution in [0.15, 0.2) is 29.3 Å². The SMILES string of the molecule is CC(C)c1ccccc1NC(S)=NC#N.[NaH]. The van der Waals surface area contributed by atoms with Crippen LogP contribution in [0, 0.1) is 11.5 Å². The number of nitrogens with zero attached hydrogens (tertiary/aromatic N) is 2. The van der Waals surface area contributed by atoms with Gasteiger partial charge in [-0.2, -0.15) is 5.26 Å². The molecule has 1 aromatic carbocycles. The fraction of sp³-hybridized carbons (Fsp3) is 0.273. The minimum absolute atomic E-state index is 0. The van der Waals surface area contributed by atoms with Crippen molar-refractivity contribution in [3.8, 4) is 6.19 Å². The molecule has 3 nitrogen and oxygen atoms in total. The predicted octanol–water partition coefficient (Wildman–Crippen LogP) is 2.34. The van der Waals surface area contributed by atoms with Crippen LogP contribution in [0.5, 0.6) is 0 Å². The zero-order valence-electron chi connectivity index (χ0n) is 8.73. The summed E-state index contributed by atoms with van der Waals surface area (Å²) < 4.78 is 0. The number of nitriles is 1. The molecule has 0 bridgehead atoms. The van der Waals surface area contributed by atoms with E-state index in [4.69, 9.17) is 5.26 Å². The fourth-order valence-corrected chi connectivity index (χ4v) is 1.48. The Morgan fingerprint density at radius 3 is 2.62 bits per heavy atom. The van der Waals surface area contributed by atoms with Crippen LogP contribution >= 0.6 is 12.6 Å². The zero-order valence-corrected chi connectivity index (χ0v) is 9.62. The van der Waals surface area contributed by atoms with Gasteiger partial charge in [-0.3, -0.25) is 0 Å². The second kappa shape index (κ2) is 7.75. The molecule has 0 aliphatic carbocycles. The molecular formula is C11H14N3NaS. The normalized spacial score (nSPS) is 10.6. The number of hydrogen-bond donors (Lipinski definition) is 2. The number of nitrogens with one attached hydrogen (secondary N) is 1. The number of aliphatic imine (C=N–C) groups is 1. The molecule has 0 saturated heterocycles. The van der Waals surface area contributed by atoms with Crippen molar-refractivity contribution in [3.63, 3.8) is 0 Å². The number of amidine groups is 1. The average molecular weight is 243 g/mol. The molecule has 0 aliphatic rings. The van der Waals surface area contributed by atoms with Crippen molar-refractivity contribution in [2.24, 2.45) is 4.99 Å². The van der Waals surface area contributed by atoms with Crippen LogP contribution in [0.3, 0.4) is 0 Å². The van der Waals surface area contributed by atoms with Crippen LogP contribution in [0.1, 0.15) is 25.3 Å². The Balaban J connectivity index is 0.00000225. The van der Waals surface area contributed by atoms with E-state index in [0.29, 0.717) is 11.1 Å². The second-order valence-electron chi connectivity index (χ2n) is 3.40. The van der Waals surface area contributed by atoms with E-state index in [9.17, 15) is 0 Å². The van der Waals surface area contributed by atoms with Gasteiger partial charge in [0.1, 0.15) is 0 Å². The van der Waals surface area contributed by atoms with Crippen molar-refractivity contribution in [2.45, 2.75) is 19.8 Å². The molecule has 0 fully saturated rings. The van der Waals surface area contributed by atoms with Crippen molar-refractivity contribution < 1.29 is 0 Å². The van der Waals surface area contributed by atoms with Gasteiger partial charge in [-0.25, -0.2) is 0 Å². The molecule has 0 unspecified atom stereocenters. The Bertz CT molecular complexity index is 410. The molecule has 0 aliphatic heterocycles. The molecule has 1 rings (SSSR count). The van der Waals surface area contributed by atoms with Gasteiger partial charge in [-0.15, -0.1) is 17.6 Å². The Morgan fingerprint density at radius 1 is 1.44 bits per heavy atom. The third-order valence-corrected chi connectivity index (χ3v) is 2.20. The first-order chi connectivity index (χ1) is 7.15. The summed E-state index contributed by atoms with van der Waals surface area (Å²) in [6.45, 7) is 4.22. The monoisotopic (exact) mass is 243 g/mol. The zero-order chi connectivity index (χ0) is 11.3. The first-order valence-corrected chi connectivity index (χ1v) is 5.11. The number of rotatable bonds is 2. The molecule has 0 radical (unpaired) electrons.